The zero-order valence-corrected chi connectivity index (χ0v) is 14.9. The van der Waals surface area contributed by atoms with E-state index in [1.807, 2.05) is 24.3 Å². The van der Waals surface area contributed by atoms with Gasteiger partial charge in [-0.15, -0.1) is 0 Å². The Kier molecular flexibility index (Phi) is 3.92. The van der Waals surface area contributed by atoms with E-state index in [1.54, 1.807) is 18.2 Å². The summed E-state index contributed by atoms with van der Waals surface area (Å²) in [4.78, 5) is 0. The van der Waals surface area contributed by atoms with Crippen LogP contribution in [0.15, 0.2) is 66.7 Å². The fourth-order valence-electron chi connectivity index (χ4n) is 3.66. The average Bonchev–Trinajstić information content (AvgIpc) is 2.88. The third-order valence-corrected chi connectivity index (χ3v) is 4.86. The van der Waals surface area contributed by atoms with Crippen LogP contribution in [0.25, 0.3) is 22.2 Å². The summed E-state index contributed by atoms with van der Waals surface area (Å²) in [7, 11) is 0. The highest BCUT2D eigenvalue weighted by Crippen LogP contribution is 2.36. The molecule has 4 rings (SSSR count). The summed E-state index contributed by atoms with van der Waals surface area (Å²) in [5.74, 6) is 0.524. The Labute approximate surface area is 152 Å². The Hall–Kier alpha value is -3.20. The number of benzene rings is 3. The van der Waals surface area contributed by atoms with Crippen LogP contribution in [0.3, 0.4) is 0 Å². The molecule has 3 nitrogen and oxygen atoms in total. The quantitative estimate of drug-likeness (QED) is 0.524. The van der Waals surface area contributed by atoms with Crippen LogP contribution in [0.4, 0.5) is 0 Å². The number of aromatic nitrogens is 1. The highest BCUT2D eigenvalue weighted by Gasteiger charge is 2.16. The standard InChI is InChI=1S/C23H21NO2/c1-15-4-3-5-17(12-15)14-24-22-11-10-20(26)13-21(22)16(2)23(24)18-6-8-19(25)9-7-18/h3-13,25-26H,14H2,1-2H3. The number of aryl methyl sites for hydroxylation is 2. The van der Waals surface area contributed by atoms with E-state index in [1.165, 1.54) is 11.1 Å². The number of phenols is 2. The number of hydrogen-bond acceptors (Lipinski definition) is 2. The molecule has 0 aliphatic rings. The van der Waals surface area contributed by atoms with Crippen LogP contribution in [-0.2, 0) is 6.54 Å². The van der Waals surface area contributed by atoms with Crippen LogP contribution in [0.1, 0.15) is 16.7 Å². The van der Waals surface area contributed by atoms with Gasteiger partial charge in [0.25, 0.3) is 0 Å². The van der Waals surface area contributed by atoms with E-state index in [9.17, 15) is 10.2 Å². The lowest BCUT2D eigenvalue weighted by atomic mass is 10.1. The van der Waals surface area contributed by atoms with E-state index in [4.69, 9.17) is 0 Å². The van der Waals surface area contributed by atoms with Crippen molar-refractivity contribution in [1.29, 1.82) is 0 Å². The SMILES string of the molecule is Cc1cccc(Cn2c(-c3ccc(O)cc3)c(C)c3cc(O)ccc32)c1. The van der Waals surface area contributed by atoms with E-state index >= 15 is 0 Å². The Morgan fingerprint density at radius 1 is 0.808 bits per heavy atom. The van der Waals surface area contributed by atoms with Gasteiger partial charge in [-0.3, -0.25) is 0 Å². The van der Waals surface area contributed by atoms with Gasteiger partial charge in [-0.1, -0.05) is 29.8 Å². The van der Waals surface area contributed by atoms with Gasteiger partial charge >= 0.3 is 0 Å². The minimum Gasteiger partial charge on any atom is -0.508 e. The number of hydrogen-bond donors (Lipinski definition) is 2. The molecule has 0 saturated carbocycles. The van der Waals surface area contributed by atoms with Gasteiger partial charge in [-0.2, -0.15) is 0 Å². The fraction of sp³-hybridized carbons (Fsp3) is 0.130. The summed E-state index contributed by atoms with van der Waals surface area (Å²) < 4.78 is 2.28. The molecule has 0 spiro atoms. The fourth-order valence-corrected chi connectivity index (χ4v) is 3.66. The first-order chi connectivity index (χ1) is 12.5. The van der Waals surface area contributed by atoms with Crippen molar-refractivity contribution in [3.05, 3.63) is 83.4 Å². The molecule has 0 aliphatic carbocycles. The van der Waals surface area contributed by atoms with Crippen LogP contribution in [0, 0.1) is 13.8 Å². The summed E-state index contributed by atoms with van der Waals surface area (Å²) in [6.07, 6.45) is 0. The van der Waals surface area contributed by atoms with Gasteiger partial charge < -0.3 is 14.8 Å². The van der Waals surface area contributed by atoms with Crippen molar-refractivity contribution in [2.45, 2.75) is 20.4 Å². The molecule has 0 bridgehead atoms. The molecule has 3 heteroatoms. The monoisotopic (exact) mass is 343 g/mol. The maximum absolute atomic E-state index is 9.95. The molecular weight excluding hydrogens is 322 g/mol. The van der Waals surface area contributed by atoms with Crippen LogP contribution in [-0.4, -0.2) is 14.8 Å². The Morgan fingerprint density at radius 3 is 2.27 bits per heavy atom. The van der Waals surface area contributed by atoms with E-state index in [2.05, 4.69) is 42.7 Å². The van der Waals surface area contributed by atoms with E-state index in [-0.39, 0.29) is 11.5 Å². The van der Waals surface area contributed by atoms with Crippen molar-refractivity contribution in [3.63, 3.8) is 0 Å². The molecule has 0 amide bonds. The number of phenolic OH excluding ortho intramolecular Hbond substituents is 2. The first-order valence-corrected chi connectivity index (χ1v) is 8.69. The lowest BCUT2D eigenvalue weighted by Crippen LogP contribution is -2.02. The Bertz CT molecular complexity index is 1090. The molecular formula is C23H21NO2. The number of nitrogens with zero attached hydrogens (tertiary/aromatic N) is 1. The maximum atomic E-state index is 9.95. The van der Waals surface area contributed by atoms with Crippen molar-refractivity contribution in [3.8, 4) is 22.8 Å². The van der Waals surface area contributed by atoms with Crippen LogP contribution in [0.2, 0.25) is 0 Å². The molecule has 2 N–H and O–H groups in total. The predicted molar refractivity (Wildman–Crippen MR) is 106 cm³/mol. The second-order valence-electron chi connectivity index (χ2n) is 6.80. The maximum Gasteiger partial charge on any atom is 0.116 e. The van der Waals surface area contributed by atoms with Gasteiger partial charge in [0.2, 0.25) is 0 Å². The first kappa shape index (κ1) is 16.3. The normalized spacial score (nSPS) is 11.2. The summed E-state index contributed by atoms with van der Waals surface area (Å²) in [5, 5.41) is 20.6. The zero-order valence-electron chi connectivity index (χ0n) is 14.9. The molecule has 0 atom stereocenters. The largest absolute Gasteiger partial charge is 0.508 e. The molecule has 26 heavy (non-hydrogen) atoms. The minimum atomic E-state index is 0.255. The summed E-state index contributed by atoms with van der Waals surface area (Å²) >= 11 is 0. The highest BCUT2D eigenvalue weighted by molar-refractivity contribution is 5.92. The molecule has 4 aromatic rings. The van der Waals surface area contributed by atoms with Crippen molar-refractivity contribution >= 4 is 10.9 Å². The molecule has 1 heterocycles. The second-order valence-corrected chi connectivity index (χ2v) is 6.80. The molecule has 130 valence electrons. The molecule has 0 aliphatic heterocycles. The van der Waals surface area contributed by atoms with Gasteiger partial charge in [0.1, 0.15) is 11.5 Å². The van der Waals surface area contributed by atoms with Crippen molar-refractivity contribution in [2.24, 2.45) is 0 Å². The van der Waals surface area contributed by atoms with Crippen LogP contribution in [0.5, 0.6) is 11.5 Å². The Morgan fingerprint density at radius 2 is 1.54 bits per heavy atom. The van der Waals surface area contributed by atoms with Crippen molar-refractivity contribution in [1.82, 2.24) is 4.57 Å². The average molecular weight is 343 g/mol. The summed E-state index contributed by atoms with van der Waals surface area (Å²) in [5.41, 5.74) is 6.82. The molecule has 0 saturated heterocycles. The minimum absolute atomic E-state index is 0.255. The van der Waals surface area contributed by atoms with Gasteiger partial charge in [-0.25, -0.2) is 0 Å². The Balaban J connectivity index is 1.96. The van der Waals surface area contributed by atoms with Crippen molar-refractivity contribution < 1.29 is 10.2 Å². The first-order valence-electron chi connectivity index (χ1n) is 8.69. The van der Waals surface area contributed by atoms with E-state index < -0.39 is 0 Å². The predicted octanol–water partition coefficient (Wildman–Crippen LogP) is 5.38. The zero-order chi connectivity index (χ0) is 18.3. The molecule has 3 aromatic carbocycles. The molecule has 0 fully saturated rings. The lowest BCUT2D eigenvalue weighted by Gasteiger charge is -2.13. The third-order valence-electron chi connectivity index (χ3n) is 4.86. The van der Waals surface area contributed by atoms with E-state index in [0.717, 1.165) is 34.3 Å². The highest BCUT2D eigenvalue weighted by atomic mass is 16.3. The van der Waals surface area contributed by atoms with Gasteiger partial charge in [0.05, 0.1) is 5.69 Å². The van der Waals surface area contributed by atoms with Gasteiger partial charge in [0, 0.05) is 17.4 Å². The van der Waals surface area contributed by atoms with Crippen LogP contribution < -0.4 is 0 Å². The van der Waals surface area contributed by atoms with Crippen molar-refractivity contribution in [2.75, 3.05) is 0 Å². The summed E-state index contributed by atoms with van der Waals surface area (Å²) in [6, 6.07) is 21.3. The molecule has 0 unspecified atom stereocenters. The lowest BCUT2D eigenvalue weighted by molar-refractivity contribution is 0.475. The van der Waals surface area contributed by atoms with E-state index in [0.29, 0.717) is 0 Å². The molecule has 1 aromatic heterocycles. The topological polar surface area (TPSA) is 45.4 Å². The molecule has 0 radical (unpaired) electrons. The number of rotatable bonds is 3. The second kappa shape index (κ2) is 6.26. The van der Waals surface area contributed by atoms with Crippen LogP contribution >= 0.6 is 0 Å². The number of aromatic hydroxyl groups is 2. The summed E-state index contributed by atoms with van der Waals surface area (Å²) in [6.45, 7) is 4.92. The van der Waals surface area contributed by atoms with Gasteiger partial charge in [-0.05, 0) is 73.0 Å². The smallest absolute Gasteiger partial charge is 0.116 e. The van der Waals surface area contributed by atoms with Gasteiger partial charge in [0.15, 0.2) is 0 Å². The third kappa shape index (κ3) is 2.82. The number of fused-ring (bicyclic) bond motifs is 1.